The average Bonchev–Trinajstić information content (AvgIpc) is 2.63. The number of aromatic nitrogens is 2. The first kappa shape index (κ1) is 15.4. The third kappa shape index (κ3) is 3.08. The lowest BCUT2D eigenvalue weighted by Crippen LogP contribution is -2.37. The number of fused-ring (bicyclic) bond motifs is 1. The zero-order chi connectivity index (χ0) is 16.4. The van der Waals surface area contributed by atoms with Crippen LogP contribution in [0.5, 0.6) is 0 Å². The smallest absolute Gasteiger partial charge is 0.134 e. The summed E-state index contributed by atoms with van der Waals surface area (Å²) < 4.78 is 0. The largest absolute Gasteiger partial charge is 0.396 e. The van der Waals surface area contributed by atoms with Gasteiger partial charge in [0.15, 0.2) is 0 Å². The van der Waals surface area contributed by atoms with Gasteiger partial charge in [-0.25, -0.2) is 9.97 Å². The number of aliphatic hydroxyl groups is 1. The maximum Gasteiger partial charge on any atom is 0.134 e. The number of aliphatic hydroxyl groups excluding tert-OH is 1. The number of anilines is 2. The lowest BCUT2D eigenvalue weighted by atomic mass is 9.77. The Kier molecular flexibility index (Phi) is 4.34. The van der Waals surface area contributed by atoms with Crippen LogP contribution < -0.4 is 10.2 Å². The van der Waals surface area contributed by atoms with Crippen LogP contribution in [0.4, 0.5) is 11.6 Å². The Morgan fingerprint density at radius 2 is 2.17 bits per heavy atom. The summed E-state index contributed by atoms with van der Waals surface area (Å²) in [6.07, 6.45) is 4.99. The molecule has 24 heavy (non-hydrogen) atoms. The Balaban J connectivity index is 1.38. The van der Waals surface area contributed by atoms with Gasteiger partial charge >= 0.3 is 0 Å². The maximum absolute atomic E-state index is 9.40. The van der Waals surface area contributed by atoms with Gasteiger partial charge in [-0.2, -0.15) is 0 Å². The molecule has 0 radical (unpaired) electrons. The molecule has 126 valence electrons. The highest BCUT2D eigenvalue weighted by molar-refractivity contribution is 5.50. The van der Waals surface area contributed by atoms with Crippen LogP contribution in [-0.4, -0.2) is 41.3 Å². The summed E-state index contributed by atoms with van der Waals surface area (Å²) in [6, 6.07) is 10.7. The SMILES string of the molecule is OC[C@H]1CCCN(c2cc(NC[C@@H]3Cc4ccccc43)ncn2)C1. The molecule has 5 nitrogen and oxygen atoms in total. The predicted molar refractivity (Wildman–Crippen MR) is 95.4 cm³/mol. The van der Waals surface area contributed by atoms with Crippen molar-refractivity contribution >= 4 is 11.6 Å². The van der Waals surface area contributed by atoms with E-state index in [2.05, 4.69) is 44.5 Å². The standard InChI is InChI=1S/C19H24N4O/c24-12-14-4-3-7-23(11-14)19-9-18(21-13-22-19)20-10-16-8-15-5-1-2-6-17(15)16/h1-2,5-6,9,13-14,16,24H,3-4,7-8,10-12H2,(H,20,21,22)/t14-,16-/m0/s1. The van der Waals surface area contributed by atoms with Crippen molar-refractivity contribution in [2.24, 2.45) is 5.92 Å². The van der Waals surface area contributed by atoms with E-state index in [9.17, 15) is 5.11 Å². The number of benzene rings is 1. The van der Waals surface area contributed by atoms with Crippen molar-refractivity contribution in [2.45, 2.75) is 25.2 Å². The third-order valence-electron chi connectivity index (χ3n) is 5.24. The third-order valence-corrected chi connectivity index (χ3v) is 5.24. The summed E-state index contributed by atoms with van der Waals surface area (Å²) in [6.45, 7) is 3.05. The minimum atomic E-state index is 0.258. The van der Waals surface area contributed by atoms with Crippen LogP contribution >= 0.6 is 0 Å². The van der Waals surface area contributed by atoms with Crippen molar-refractivity contribution in [3.63, 3.8) is 0 Å². The van der Waals surface area contributed by atoms with Crippen LogP contribution in [0.3, 0.4) is 0 Å². The molecular weight excluding hydrogens is 300 g/mol. The van der Waals surface area contributed by atoms with E-state index in [0.717, 1.165) is 50.5 Å². The van der Waals surface area contributed by atoms with Gasteiger partial charge in [-0.15, -0.1) is 0 Å². The Labute approximate surface area is 142 Å². The fraction of sp³-hybridized carbons (Fsp3) is 0.474. The average molecular weight is 324 g/mol. The normalized spacial score (nSPS) is 22.6. The van der Waals surface area contributed by atoms with Gasteiger partial charge in [0.1, 0.15) is 18.0 Å². The highest BCUT2D eigenvalue weighted by Gasteiger charge is 2.25. The van der Waals surface area contributed by atoms with E-state index in [1.54, 1.807) is 6.33 Å². The molecule has 0 saturated carbocycles. The summed E-state index contributed by atoms with van der Waals surface area (Å²) >= 11 is 0. The van der Waals surface area contributed by atoms with E-state index in [4.69, 9.17) is 0 Å². The Morgan fingerprint density at radius 1 is 1.25 bits per heavy atom. The Bertz CT molecular complexity index is 705. The summed E-state index contributed by atoms with van der Waals surface area (Å²) in [5.74, 6) is 2.78. The number of nitrogens with one attached hydrogen (secondary N) is 1. The fourth-order valence-corrected chi connectivity index (χ4v) is 3.81. The number of hydrogen-bond acceptors (Lipinski definition) is 5. The van der Waals surface area contributed by atoms with Crippen LogP contribution in [-0.2, 0) is 6.42 Å². The monoisotopic (exact) mass is 324 g/mol. The van der Waals surface area contributed by atoms with E-state index in [-0.39, 0.29) is 6.61 Å². The summed E-state index contributed by atoms with van der Waals surface area (Å²) in [4.78, 5) is 11.0. The highest BCUT2D eigenvalue weighted by Crippen LogP contribution is 2.34. The molecule has 2 aliphatic rings. The first-order chi connectivity index (χ1) is 11.8. The zero-order valence-electron chi connectivity index (χ0n) is 13.9. The minimum absolute atomic E-state index is 0.258. The number of piperidine rings is 1. The molecule has 4 rings (SSSR count). The molecule has 1 aliphatic carbocycles. The lowest BCUT2D eigenvalue weighted by molar-refractivity contribution is 0.208. The minimum Gasteiger partial charge on any atom is -0.396 e. The van der Waals surface area contributed by atoms with Crippen LogP contribution in [0.25, 0.3) is 0 Å². The number of nitrogens with zero attached hydrogens (tertiary/aromatic N) is 3. The van der Waals surface area contributed by atoms with E-state index in [1.165, 1.54) is 11.1 Å². The molecule has 2 aromatic rings. The molecule has 0 amide bonds. The first-order valence-corrected chi connectivity index (χ1v) is 8.83. The van der Waals surface area contributed by atoms with Crippen molar-refractivity contribution in [1.29, 1.82) is 0 Å². The van der Waals surface area contributed by atoms with E-state index >= 15 is 0 Å². The molecule has 1 fully saturated rings. The lowest BCUT2D eigenvalue weighted by Gasteiger charge is -2.33. The molecule has 1 aromatic carbocycles. The van der Waals surface area contributed by atoms with Gasteiger partial charge in [0, 0.05) is 38.2 Å². The molecule has 2 atom stereocenters. The maximum atomic E-state index is 9.40. The van der Waals surface area contributed by atoms with Crippen molar-refractivity contribution in [2.75, 3.05) is 36.5 Å². The van der Waals surface area contributed by atoms with Gasteiger partial charge in [0.2, 0.25) is 0 Å². The second kappa shape index (κ2) is 6.77. The van der Waals surface area contributed by atoms with Gasteiger partial charge in [0.05, 0.1) is 0 Å². The van der Waals surface area contributed by atoms with Gasteiger partial charge in [-0.05, 0) is 36.3 Å². The van der Waals surface area contributed by atoms with Crippen LogP contribution in [0.15, 0.2) is 36.7 Å². The van der Waals surface area contributed by atoms with Crippen molar-refractivity contribution in [3.8, 4) is 0 Å². The van der Waals surface area contributed by atoms with Crippen LogP contribution in [0.2, 0.25) is 0 Å². The van der Waals surface area contributed by atoms with Crippen molar-refractivity contribution in [1.82, 2.24) is 9.97 Å². The van der Waals surface area contributed by atoms with E-state index in [1.807, 2.05) is 6.07 Å². The highest BCUT2D eigenvalue weighted by atomic mass is 16.3. The molecule has 1 saturated heterocycles. The quantitative estimate of drug-likeness (QED) is 0.884. The summed E-state index contributed by atoms with van der Waals surface area (Å²) in [7, 11) is 0. The second-order valence-corrected chi connectivity index (χ2v) is 6.88. The van der Waals surface area contributed by atoms with Crippen molar-refractivity contribution in [3.05, 3.63) is 47.8 Å². The molecule has 1 aliphatic heterocycles. The Morgan fingerprint density at radius 3 is 3.04 bits per heavy atom. The molecule has 2 N–H and O–H groups in total. The predicted octanol–water partition coefficient (Wildman–Crippen LogP) is 2.44. The number of rotatable bonds is 5. The molecule has 0 unspecified atom stereocenters. The van der Waals surface area contributed by atoms with Gasteiger partial charge < -0.3 is 15.3 Å². The molecular formula is C19H24N4O. The van der Waals surface area contributed by atoms with Crippen molar-refractivity contribution < 1.29 is 5.11 Å². The summed E-state index contributed by atoms with van der Waals surface area (Å²) in [5.41, 5.74) is 2.93. The van der Waals surface area contributed by atoms with Crippen LogP contribution in [0.1, 0.15) is 29.9 Å². The molecule has 0 bridgehead atoms. The van der Waals surface area contributed by atoms with Crippen LogP contribution in [0, 0.1) is 5.92 Å². The van der Waals surface area contributed by atoms with Gasteiger partial charge in [-0.3, -0.25) is 0 Å². The molecule has 5 heteroatoms. The Hall–Kier alpha value is -2.14. The molecule has 2 heterocycles. The molecule has 1 aromatic heterocycles. The van der Waals surface area contributed by atoms with E-state index < -0.39 is 0 Å². The first-order valence-electron chi connectivity index (χ1n) is 8.83. The number of hydrogen-bond donors (Lipinski definition) is 2. The van der Waals surface area contributed by atoms with E-state index in [0.29, 0.717) is 11.8 Å². The fourth-order valence-electron chi connectivity index (χ4n) is 3.81. The zero-order valence-corrected chi connectivity index (χ0v) is 13.9. The second-order valence-electron chi connectivity index (χ2n) is 6.88. The van der Waals surface area contributed by atoms with Gasteiger partial charge in [0.25, 0.3) is 0 Å². The summed E-state index contributed by atoms with van der Waals surface area (Å²) in [5, 5.41) is 12.9. The topological polar surface area (TPSA) is 61.3 Å². The van der Waals surface area contributed by atoms with Gasteiger partial charge in [-0.1, -0.05) is 24.3 Å². The molecule has 0 spiro atoms.